The van der Waals surface area contributed by atoms with Gasteiger partial charge in [0.25, 0.3) is 5.91 Å². The van der Waals surface area contributed by atoms with Gasteiger partial charge in [-0.15, -0.1) is 0 Å². The van der Waals surface area contributed by atoms with E-state index in [2.05, 4.69) is 15.3 Å². The number of aromatic amines is 1. The summed E-state index contributed by atoms with van der Waals surface area (Å²) in [5.41, 5.74) is 8.36. The number of hydrogen-bond donors (Lipinski definition) is 3. The maximum absolute atomic E-state index is 12.1. The molecule has 4 N–H and O–H groups in total. The fourth-order valence-electron chi connectivity index (χ4n) is 2.11. The molecule has 0 fully saturated rings. The van der Waals surface area contributed by atoms with Gasteiger partial charge < -0.3 is 16.0 Å². The summed E-state index contributed by atoms with van der Waals surface area (Å²) in [4.78, 5) is 30.6. The molecule has 0 aliphatic rings. The monoisotopic (exact) mass is 324 g/mol. The normalized spacial score (nSPS) is 9.96. The molecule has 2 heterocycles. The van der Waals surface area contributed by atoms with Crippen molar-refractivity contribution in [3.8, 4) is 0 Å². The van der Waals surface area contributed by atoms with Gasteiger partial charge in [-0.1, -0.05) is 13.8 Å². The van der Waals surface area contributed by atoms with Crippen LogP contribution in [-0.2, 0) is 0 Å². The predicted octanol–water partition coefficient (Wildman–Crippen LogP) is 3.63. The van der Waals surface area contributed by atoms with Crippen LogP contribution in [0, 0.1) is 0 Å². The molecular weight excluding hydrogens is 304 g/mol. The first-order valence-corrected chi connectivity index (χ1v) is 7.69. The van der Waals surface area contributed by atoms with Gasteiger partial charge in [-0.3, -0.25) is 9.59 Å². The van der Waals surface area contributed by atoms with Crippen molar-refractivity contribution in [3.05, 3.63) is 53.9 Å². The van der Waals surface area contributed by atoms with Crippen molar-refractivity contribution in [2.24, 2.45) is 0 Å². The van der Waals surface area contributed by atoms with Gasteiger partial charge in [-0.05, 0) is 36.4 Å². The van der Waals surface area contributed by atoms with E-state index in [1.54, 1.807) is 36.4 Å². The van der Waals surface area contributed by atoms with Gasteiger partial charge in [0.05, 0.1) is 17.6 Å². The van der Waals surface area contributed by atoms with Crippen LogP contribution >= 0.6 is 0 Å². The summed E-state index contributed by atoms with van der Waals surface area (Å²) in [7, 11) is 0. The number of nitrogen functional groups attached to an aromatic ring is 1. The zero-order chi connectivity index (χ0) is 17.7. The highest BCUT2D eigenvalue weighted by Crippen LogP contribution is 2.18. The Morgan fingerprint density at radius 2 is 1.79 bits per heavy atom. The molecule has 1 amide bonds. The zero-order valence-corrected chi connectivity index (χ0v) is 13.9. The lowest BCUT2D eigenvalue weighted by Crippen LogP contribution is -2.11. The molecule has 124 valence electrons. The number of nitrogens with one attached hydrogen (secondary N) is 2. The molecule has 0 unspecified atom stereocenters. The molecule has 0 saturated carbocycles. The summed E-state index contributed by atoms with van der Waals surface area (Å²) < 4.78 is 0. The first kappa shape index (κ1) is 17.2. The molecule has 0 aliphatic carbocycles. The number of nitrogens with two attached hydrogens (primary N) is 1. The number of benzene rings is 1. The number of anilines is 2. The van der Waals surface area contributed by atoms with Gasteiger partial charge >= 0.3 is 0 Å². The maximum Gasteiger partial charge on any atom is 0.255 e. The molecule has 0 aliphatic heterocycles. The van der Waals surface area contributed by atoms with E-state index in [9.17, 15) is 9.59 Å². The largest absolute Gasteiger partial charge is 0.399 e. The molecule has 3 aromatic rings. The Bertz CT molecular complexity index is 866. The van der Waals surface area contributed by atoms with Crippen LogP contribution in [0.15, 0.2) is 42.6 Å². The van der Waals surface area contributed by atoms with Gasteiger partial charge in [0.15, 0.2) is 5.78 Å². The van der Waals surface area contributed by atoms with Crippen LogP contribution in [0.1, 0.15) is 41.6 Å². The SMILES string of the molecule is CC.CC(=O)c1cc2cc(NC(=O)c3ccc(N)cc3)cnc2[nH]1. The van der Waals surface area contributed by atoms with E-state index in [0.717, 1.165) is 5.39 Å². The van der Waals surface area contributed by atoms with Crippen LogP contribution in [0.4, 0.5) is 11.4 Å². The standard InChI is InChI=1S/C16H14N4O2.C2H6/c1-9(21)14-7-11-6-13(8-18-15(11)20-14)19-16(22)10-2-4-12(17)5-3-10;1-2/h2-8H,17H2,1H3,(H,18,20)(H,19,22);1-2H3. The van der Waals surface area contributed by atoms with E-state index in [4.69, 9.17) is 5.73 Å². The number of ketones is 1. The van der Waals surface area contributed by atoms with Crippen LogP contribution in [0.5, 0.6) is 0 Å². The molecule has 0 spiro atoms. The number of rotatable bonds is 3. The molecule has 0 atom stereocenters. The Labute approximate surface area is 140 Å². The van der Waals surface area contributed by atoms with Gasteiger partial charge in [0, 0.05) is 23.6 Å². The van der Waals surface area contributed by atoms with Crippen LogP contribution in [0.25, 0.3) is 11.0 Å². The molecule has 0 radical (unpaired) electrons. The number of nitrogens with zero attached hydrogens (tertiary/aromatic N) is 1. The van der Waals surface area contributed by atoms with Crippen molar-refractivity contribution >= 4 is 34.1 Å². The summed E-state index contributed by atoms with van der Waals surface area (Å²) >= 11 is 0. The number of H-pyrrole nitrogens is 1. The van der Waals surface area contributed by atoms with Crippen LogP contribution < -0.4 is 11.1 Å². The van der Waals surface area contributed by atoms with Gasteiger partial charge in [0.2, 0.25) is 0 Å². The number of carbonyl (C=O) groups excluding carboxylic acids is 2. The van der Waals surface area contributed by atoms with E-state index in [-0.39, 0.29) is 11.7 Å². The molecule has 24 heavy (non-hydrogen) atoms. The summed E-state index contributed by atoms with van der Waals surface area (Å²) in [5.74, 6) is -0.311. The highest BCUT2D eigenvalue weighted by molar-refractivity contribution is 6.05. The van der Waals surface area contributed by atoms with Crippen molar-refractivity contribution in [2.75, 3.05) is 11.1 Å². The summed E-state index contributed by atoms with van der Waals surface area (Å²) in [6.45, 7) is 5.48. The Morgan fingerprint density at radius 3 is 2.42 bits per heavy atom. The highest BCUT2D eigenvalue weighted by atomic mass is 16.1. The smallest absolute Gasteiger partial charge is 0.255 e. The van der Waals surface area contributed by atoms with Crippen LogP contribution in [0.2, 0.25) is 0 Å². The predicted molar refractivity (Wildman–Crippen MR) is 96.3 cm³/mol. The van der Waals surface area contributed by atoms with Crippen LogP contribution in [0.3, 0.4) is 0 Å². The maximum atomic E-state index is 12.1. The van der Waals surface area contributed by atoms with Crippen molar-refractivity contribution in [3.63, 3.8) is 0 Å². The van der Waals surface area contributed by atoms with Gasteiger partial charge in [0.1, 0.15) is 5.65 Å². The molecule has 2 aromatic heterocycles. The fourth-order valence-corrected chi connectivity index (χ4v) is 2.11. The van der Waals surface area contributed by atoms with Crippen molar-refractivity contribution < 1.29 is 9.59 Å². The second kappa shape index (κ2) is 7.41. The number of amides is 1. The molecule has 1 aromatic carbocycles. The number of pyridine rings is 1. The average molecular weight is 324 g/mol. The summed E-state index contributed by atoms with van der Waals surface area (Å²) in [6, 6.07) is 10.1. The first-order chi connectivity index (χ1) is 11.5. The quantitative estimate of drug-likeness (QED) is 0.506. The number of hydrogen-bond acceptors (Lipinski definition) is 4. The van der Waals surface area contributed by atoms with E-state index in [1.807, 2.05) is 13.8 Å². The minimum atomic E-state index is -0.247. The molecule has 0 saturated heterocycles. The van der Waals surface area contributed by atoms with Crippen LogP contribution in [-0.4, -0.2) is 21.7 Å². The van der Waals surface area contributed by atoms with Crippen molar-refractivity contribution in [2.45, 2.75) is 20.8 Å². The number of carbonyl (C=O) groups is 2. The lowest BCUT2D eigenvalue weighted by atomic mass is 10.2. The van der Waals surface area contributed by atoms with Gasteiger partial charge in [-0.25, -0.2) is 4.98 Å². The minimum absolute atomic E-state index is 0.0644. The molecular formula is C18H20N4O2. The molecule has 6 heteroatoms. The van der Waals surface area contributed by atoms with E-state index in [1.165, 1.54) is 13.1 Å². The minimum Gasteiger partial charge on any atom is -0.399 e. The summed E-state index contributed by atoms with van der Waals surface area (Å²) in [5, 5.41) is 3.53. The number of Topliss-reactive ketones (excluding diaryl/α,β-unsaturated/α-hetero) is 1. The lowest BCUT2D eigenvalue weighted by molar-refractivity contribution is 0.101. The third kappa shape index (κ3) is 3.78. The molecule has 6 nitrogen and oxygen atoms in total. The van der Waals surface area contributed by atoms with Crippen molar-refractivity contribution in [1.82, 2.24) is 9.97 Å². The molecule has 3 rings (SSSR count). The number of aromatic nitrogens is 2. The Kier molecular flexibility index (Phi) is 5.31. The zero-order valence-electron chi connectivity index (χ0n) is 13.9. The van der Waals surface area contributed by atoms with E-state index in [0.29, 0.717) is 28.3 Å². The summed E-state index contributed by atoms with van der Waals surface area (Å²) in [6.07, 6.45) is 1.54. The average Bonchev–Trinajstić information content (AvgIpc) is 3.01. The second-order valence-corrected chi connectivity index (χ2v) is 4.98. The third-order valence-corrected chi connectivity index (χ3v) is 3.28. The first-order valence-electron chi connectivity index (χ1n) is 7.69. The second-order valence-electron chi connectivity index (χ2n) is 4.98. The third-order valence-electron chi connectivity index (χ3n) is 3.28. The van der Waals surface area contributed by atoms with E-state index < -0.39 is 0 Å². The van der Waals surface area contributed by atoms with E-state index >= 15 is 0 Å². The molecule has 0 bridgehead atoms. The Balaban J connectivity index is 0.00000100. The fraction of sp³-hybridized carbons (Fsp3) is 0.167. The Hall–Kier alpha value is -3.15. The Morgan fingerprint density at radius 1 is 1.12 bits per heavy atom. The highest BCUT2D eigenvalue weighted by Gasteiger charge is 2.09. The number of fused-ring (bicyclic) bond motifs is 1. The lowest BCUT2D eigenvalue weighted by Gasteiger charge is -2.05. The topological polar surface area (TPSA) is 101 Å². The van der Waals surface area contributed by atoms with Crippen molar-refractivity contribution in [1.29, 1.82) is 0 Å². The van der Waals surface area contributed by atoms with Gasteiger partial charge in [-0.2, -0.15) is 0 Å².